The van der Waals surface area contributed by atoms with E-state index in [1.807, 2.05) is 0 Å². The lowest BCUT2D eigenvalue weighted by Crippen LogP contribution is -2.47. The van der Waals surface area contributed by atoms with Gasteiger partial charge in [-0.3, -0.25) is 9.59 Å². The van der Waals surface area contributed by atoms with Crippen LogP contribution in [0, 0.1) is 5.92 Å². The maximum absolute atomic E-state index is 12.1. The molecule has 2 fully saturated rings. The van der Waals surface area contributed by atoms with Gasteiger partial charge in [-0.15, -0.1) is 0 Å². The molecule has 0 radical (unpaired) electrons. The van der Waals surface area contributed by atoms with Crippen LogP contribution in [0.15, 0.2) is 12.1 Å². The summed E-state index contributed by atoms with van der Waals surface area (Å²) in [6.45, 7) is 5.47. The zero-order chi connectivity index (χ0) is 18.5. The fourth-order valence-corrected chi connectivity index (χ4v) is 4.12. The van der Waals surface area contributed by atoms with E-state index >= 15 is 0 Å². The van der Waals surface area contributed by atoms with Gasteiger partial charge in [0.25, 0.3) is 11.8 Å². The standard InChI is InChI=1S/C19H31N5O2/c1-23-10-7-15(8-11-23)24-12-5-14(6-13-24)4-9-21-19(26)17-3-2-16(22-17)18(20)25/h2-3,14-15,22H,4-13H2,1H3,(H2,20,25)(H,21,26). The summed E-state index contributed by atoms with van der Waals surface area (Å²) in [5, 5.41) is 2.94. The molecule has 7 heteroatoms. The first-order chi connectivity index (χ1) is 12.5. The Hall–Kier alpha value is -1.86. The van der Waals surface area contributed by atoms with Crippen molar-refractivity contribution >= 4 is 11.8 Å². The van der Waals surface area contributed by atoms with Crippen LogP contribution in [0.25, 0.3) is 0 Å². The summed E-state index contributed by atoms with van der Waals surface area (Å²) in [6.07, 6.45) is 6.03. The second-order valence-electron chi connectivity index (χ2n) is 7.71. The van der Waals surface area contributed by atoms with E-state index in [9.17, 15) is 9.59 Å². The van der Waals surface area contributed by atoms with Crippen LogP contribution in [-0.2, 0) is 0 Å². The van der Waals surface area contributed by atoms with Crippen molar-refractivity contribution in [2.45, 2.75) is 38.1 Å². The van der Waals surface area contributed by atoms with Crippen molar-refractivity contribution in [2.24, 2.45) is 11.7 Å². The van der Waals surface area contributed by atoms with Gasteiger partial charge in [-0.1, -0.05) is 0 Å². The van der Waals surface area contributed by atoms with Crippen LogP contribution in [0.1, 0.15) is 53.1 Å². The smallest absolute Gasteiger partial charge is 0.267 e. The Labute approximate surface area is 155 Å². The van der Waals surface area contributed by atoms with E-state index in [1.54, 1.807) is 6.07 Å². The topological polar surface area (TPSA) is 94.5 Å². The number of nitrogens with zero attached hydrogens (tertiary/aromatic N) is 2. The molecule has 1 aromatic rings. The molecule has 4 N–H and O–H groups in total. The molecule has 3 heterocycles. The highest BCUT2D eigenvalue weighted by atomic mass is 16.2. The van der Waals surface area contributed by atoms with Crippen LogP contribution >= 0.6 is 0 Å². The third-order valence-corrected chi connectivity index (χ3v) is 5.89. The maximum atomic E-state index is 12.1. The number of nitrogens with one attached hydrogen (secondary N) is 2. The number of aromatic amines is 1. The predicted octanol–water partition coefficient (Wildman–Crippen LogP) is 1.04. The highest BCUT2D eigenvalue weighted by Gasteiger charge is 2.27. The summed E-state index contributed by atoms with van der Waals surface area (Å²) in [5.74, 6) is -0.0516. The number of hydrogen-bond donors (Lipinski definition) is 3. The van der Waals surface area contributed by atoms with Crippen LogP contribution in [0.2, 0.25) is 0 Å². The van der Waals surface area contributed by atoms with Crippen molar-refractivity contribution in [3.8, 4) is 0 Å². The monoisotopic (exact) mass is 361 g/mol. The molecule has 0 saturated carbocycles. The number of rotatable bonds is 6. The molecule has 0 atom stereocenters. The first kappa shape index (κ1) is 18.9. The number of nitrogens with two attached hydrogens (primary N) is 1. The van der Waals surface area contributed by atoms with Crippen LogP contribution in [0.4, 0.5) is 0 Å². The summed E-state index contributed by atoms with van der Waals surface area (Å²) >= 11 is 0. The van der Waals surface area contributed by atoms with Crippen LogP contribution in [0.5, 0.6) is 0 Å². The number of aromatic nitrogens is 1. The van der Waals surface area contributed by atoms with Crippen LogP contribution < -0.4 is 11.1 Å². The molecule has 0 bridgehead atoms. The molecule has 2 aliphatic rings. The maximum Gasteiger partial charge on any atom is 0.267 e. The van der Waals surface area contributed by atoms with Gasteiger partial charge < -0.3 is 25.8 Å². The van der Waals surface area contributed by atoms with E-state index in [0.29, 0.717) is 18.2 Å². The Kier molecular flexibility index (Phi) is 6.32. The summed E-state index contributed by atoms with van der Waals surface area (Å²) in [7, 11) is 2.21. The van der Waals surface area contributed by atoms with Gasteiger partial charge in [0.05, 0.1) is 0 Å². The van der Waals surface area contributed by atoms with Crippen molar-refractivity contribution in [1.29, 1.82) is 0 Å². The highest BCUT2D eigenvalue weighted by Crippen LogP contribution is 2.25. The minimum absolute atomic E-state index is 0.179. The van der Waals surface area contributed by atoms with Gasteiger partial charge in [0.15, 0.2) is 0 Å². The van der Waals surface area contributed by atoms with E-state index < -0.39 is 5.91 Å². The number of H-pyrrole nitrogens is 1. The Morgan fingerprint density at radius 1 is 1.12 bits per heavy atom. The van der Waals surface area contributed by atoms with Gasteiger partial charge in [-0.2, -0.15) is 0 Å². The molecular formula is C19H31N5O2. The first-order valence-electron chi connectivity index (χ1n) is 9.72. The van der Waals surface area contributed by atoms with Crippen molar-refractivity contribution in [1.82, 2.24) is 20.1 Å². The fourth-order valence-electron chi connectivity index (χ4n) is 4.12. The number of likely N-dealkylation sites (tertiary alicyclic amines) is 2. The molecule has 0 aromatic carbocycles. The molecule has 2 amide bonds. The average molecular weight is 361 g/mol. The van der Waals surface area contributed by atoms with E-state index in [4.69, 9.17) is 5.73 Å². The molecule has 0 unspecified atom stereocenters. The number of primary amides is 1. The summed E-state index contributed by atoms with van der Waals surface area (Å²) in [4.78, 5) is 31.0. The number of carbonyl (C=O) groups excluding carboxylic acids is 2. The minimum Gasteiger partial charge on any atom is -0.364 e. The van der Waals surface area contributed by atoms with Gasteiger partial charge in [0, 0.05) is 12.6 Å². The molecule has 0 aliphatic carbocycles. The van der Waals surface area contributed by atoms with Gasteiger partial charge in [0.2, 0.25) is 0 Å². The van der Waals surface area contributed by atoms with Crippen molar-refractivity contribution in [2.75, 3.05) is 39.8 Å². The molecular weight excluding hydrogens is 330 g/mol. The molecule has 144 valence electrons. The van der Waals surface area contributed by atoms with Crippen molar-refractivity contribution < 1.29 is 9.59 Å². The third kappa shape index (κ3) is 4.86. The molecule has 0 spiro atoms. The van der Waals surface area contributed by atoms with Gasteiger partial charge in [0.1, 0.15) is 11.4 Å². The molecule has 26 heavy (non-hydrogen) atoms. The summed E-state index contributed by atoms with van der Waals surface area (Å²) < 4.78 is 0. The molecule has 1 aromatic heterocycles. The van der Waals surface area contributed by atoms with Crippen molar-refractivity contribution in [3.05, 3.63) is 23.5 Å². The Morgan fingerprint density at radius 2 is 1.77 bits per heavy atom. The lowest BCUT2D eigenvalue weighted by atomic mass is 9.91. The second kappa shape index (κ2) is 8.68. The zero-order valence-electron chi connectivity index (χ0n) is 15.7. The lowest BCUT2D eigenvalue weighted by Gasteiger charge is -2.41. The lowest BCUT2D eigenvalue weighted by molar-refractivity contribution is 0.0826. The fraction of sp³-hybridized carbons (Fsp3) is 0.684. The number of piperidine rings is 2. The van der Waals surface area contributed by atoms with E-state index in [2.05, 4.69) is 27.1 Å². The Bertz CT molecular complexity index is 613. The SMILES string of the molecule is CN1CCC(N2CCC(CCNC(=O)c3ccc(C(N)=O)[nH]3)CC2)CC1. The van der Waals surface area contributed by atoms with Gasteiger partial charge >= 0.3 is 0 Å². The molecule has 2 aliphatic heterocycles. The third-order valence-electron chi connectivity index (χ3n) is 5.89. The predicted molar refractivity (Wildman–Crippen MR) is 101 cm³/mol. The van der Waals surface area contributed by atoms with E-state index in [1.165, 1.54) is 57.9 Å². The quantitative estimate of drug-likeness (QED) is 0.706. The molecule has 7 nitrogen and oxygen atoms in total. The van der Waals surface area contributed by atoms with Crippen LogP contribution in [0.3, 0.4) is 0 Å². The molecule has 2 saturated heterocycles. The highest BCUT2D eigenvalue weighted by molar-refractivity contribution is 5.96. The van der Waals surface area contributed by atoms with E-state index in [-0.39, 0.29) is 11.6 Å². The summed E-state index contributed by atoms with van der Waals surface area (Å²) in [5.41, 5.74) is 5.83. The van der Waals surface area contributed by atoms with Crippen molar-refractivity contribution in [3.63, 3.8) is 0 Å². The number of hydrogen-bond acceptors (Lipinski definition) is 4. The number of amides is 2. The average Bonchev–Trinajstić information content (AvgIpc) is 3.14. The minimum atomic E-state index is -0.555. The molecule has 3 rings (SSSR count). The normalized spacial score (nSPS) is 21.0. The first-order valence-corrected chi connectivity index (χ1v) is 9.72. The van der Waals surface area contributed by atoms with Gasteiger partial charge in [-0.25, -0.2) is 0 Å². The van der Waals surface area contributed by atoms with Gasteiger partial charge in [-0.05, 0) is 83.4 Å². The van der Waals surface area contributed by atoms with E-state index in [0.717, 1.165) is 12.5 Å². The zero-order valence-corrected chi connectivity index (χ0v) is 15.7. The Balaban J connectivity index is 1.34. The van der Waals surface area contributed by atoms with Crippen LogP contribution in [-0.4, -0.2) is 72.4 Å². The largest absolute Gasteiger partial charge is 0.364 e. The number of carbonyl (C=O) groups is 2. The second-order valence-corrected chi connectivity index (χ2v) is 7.71. The summed E-state index contributed by atoms with van der Waals surface area (Å²) in [6, 6.07) is 3.89. The Morgan fingerprint density at radius 3 is 2.38 bits per heavy atom.